The molecule has 1 fully saturated rings. The molecule has 236 valence electrons. The summed E-state index contributed by atoms with van der Waals surface area (Å²) in [7, 11) is 0. The molecule has 2 aliphatic carbocycles. The zero-order valence-corrected chi connectivity index (χ0v) is 28.7. The van der Waals surface area contributed by atoms with E-state index in [1.807, 2.05) is 29.6 Å². The molecule has 50 heavy (non-hydrogen) atoms. The summed E-state index contributed by atoms with van der Waals surface area (Å²) in [5.41, 5.74) is 7.10. The number of hydrogen-bond acceptors (Lipinski definition) is 3. The molecular formula is C47H30OS2. The fourth-order valence-corrected chi connectivity index (χ4v) is 10.8. The summed E-state index contributed by atoms with van der Waals surface area (Å²) in [6.07, 6.45) is 6.11. The average molecular weight is 675 g/mol. The SMILES string of the molecule is C1=CC2CC2C2=C1Sc1c(cccc1-c1cc(-c3ccc(-c4ccccc4)o3)ccc1-c1ccc3c4ccccc4c4ccccc4c3c1)S2. The molecule has 0 radical (unpaired) electrons. The van der Waals surface area contributed by atoms with Crippen LogP contribution in [0.3, 0.4) is 0 Å². The largest absolute Gasteiger partial charge is 0.456 e. The standard InChI is InChI=1S/C47H30OS2/c1-2-9-28(10-3-1)42-22-23-43(48-42)31-18-20-32(29-17-21-37-35-13-5-4-11-33(35)34-12-6-7-14-36(34)41(37)26-29)40(27-31)38-15-8-16-44-46(38)50-45-24-19-30-25-39(30)47(45)49-44/h1-24,26-27,30,39H,25H2. The fourth-order valence-electron chi connectivity index (χ4n) is 8.05. The first-order valence-electron chi connectivity index (χ1n) is 17.3. The second-order valence-electron chi connectivity index (χ2n) is 13.6. The minimum atomic E-state index is 0.712. The molecule has 0 saturated heterocycles. The number of benzene rings is 7. The van der Waals surface area contributed by atoms with Gasteiger partial charge in [-0.05, 0) is 103 Å². The molecule has 1 aromatic heterocycles. The van der Waals surface area contributed by atoms with Crippen LogP contribution in [-0.4, -0.2) is 0 Å². The maximum Gasteiger partial charge on any atom is 0.134 e. The van der Waals surface area contributed by atoms with Gasteiger partial charge in [-0.1, -0.05) is 151 Å². The van der Waals surface area contributed by atoms with Gasteiger partial charge in [0.1, 0.15) is 11.5 Å². The van der Waals surface area contributed by atoms with Crippen molar-refractivity contribution in [2.45, 2.75) is 16.2 Å². The van der Waals surface area contributed by atoms with Crippen LogP contribution in [0.1, 0.15) is 6.42 Å². The molecule has 3 heteroatoms. The zero-order valence-electron chi connectivity index (χ0n) is 27.1. The van der Waals surface area contributed by atoms with Crippen LogP contribution in [0.4, 0.5) is 0 Å². The van der Waals surface area contributed by atoms with Gasteiger partial charge >= 0.3 is 0 Å². The quantitative estimate of drug-likeness (QED) is 0.173. The van der Waals surface area contributed by atoms with Crippen molar-refractivity contribution in [3.05, 3.63) is 168 Å². The van der Waals surface area contributed by atoms with E-state index in [4.69, 9.17) is 4.42 Å². The van der Waals surface area contributed by atoms with Gasteiger partial charge < -0.3 is 4.42 Å². The van der Waals surface area contributed by atoms with Crippen molar-refractivity contribution in [3.8, 4) is 44.9 Å². The fraction of sp³-hybridized carbons (Fsp3) is 0.0638. The topological polar surface area (TPSA) is 13.1 Å². The summed E-state index contributed by atoms with van der Waals surface area (Å²) in [6.45, 7) is 0. The predicted octanol–water partition coefficient (Wildman–Crippen LogP) is 14.0. The van der Waals surface area contributed by atoms with Gasteiger partial charge in [0.25, 0.3) is 0 Å². The Morgan fingerprint density at radius 1 is 0.480 bits per heavy atom. The smallest absolute Gasteiger partial charge is 0.134 e. The van der Waals surface area contributed by atoms with Crippen LogP contribution in [0.5, 0.6) is 0 Å². The van der Waals surface area contributed by atoms with Gasteiger partial charge in [0.05, 0.1) is 0 Å². The van der Waals surface area contributed by atoms with Crippen LogP contribution in [0.15, 0.2) is 182 Å². The van der Waals surface area contributed by atoms with Crippen LogP contribution < -0.4 is 0 Å². The van der Waals surface area contributed by atoms with Gasteiger partial charge in [-0.15, -0.1) is 0 Å². The Kier molecular flexibility index (Phi) is 6.38. The molecule has 11 rings (SSSR count). The van der Waals surface area contributed by atoms with E-state index in [0.29, 0.717) is 5.92 Å². The Bertz CT molecular complexity index is 2710. The third kappa shape index (κ3) is 4.50. The van der Waals surface area contributed by atoms with Crippen LogP contribution in [0.2, 0.25) is 0 Å². The molecule has 8 aromatic rings. The van der Waals surface area contributed by atoms with Crippen molar-refractivity contribution in [2.75, 3.05) is 0 Å². The molecule has 1 nitrogen and oxygen atoms in total. The number of thioether (sulfide) groups is 2. The van der Waals surface area contributed by atoms with Crippen molar-refractivity contribution in [1.82, 2.24) is 0 Å². The highest BCUT2D eigenvalue weighted by Crippen LogP contribution is 2.62. The highest BCUT2D eigenvalue weighted by Gasteiger charge is 2.43. The van der Waals surface area contributed by atoms with Gasteiger partial charge in [0.2, 0.25) is 0 Å². The Balaban J connectivity index is 1.12. The van der Waals surface area contributed by atoms with Crippen molar-refractivity contribution >= 4 is 55.8 Å². The van der Waals surface area contributed by atoms with Gasteiger partial charge in [0, 0.05) is 30.7 Å². The molecule has 2 unspecified atom stereocenters. The third-order valence-corrected chi connectivity index (χ3v) is 13.4. The summed E-state index contributed by atoms with van der Waals surface area (Å²) in [4.78, 5) is 5.71. The van der Waals surface area contributed by atoms with Gasteiger partial charge in [-0.25, -0.2) is 0 Å². The monoisotopic (exact) mass is 674 g/mol. The normalized spacial score (nSPS) is 17.6. The molecule has 7 aromatic carbocycles. The first-order chi connectivity index (χ1) is 24.8. The van der Waals surface area contributed by atoms with E-state index in [9.17, 15) is 0 Å². The Labute approximate surface area is 299 Å². The van der Waals surface area contributed by atoms with Crippen molar-refractivity contribution in [2.24, 2.45) is 11.8 Å². The first-order valence-corrected chi connectivity index (χ1v) is 18.9. The highest BCUT2D eigenvalue weighted by atomic mass is 32.2. The predicted molar refractivity (Wildman–Crippen MR) is 212 cm³/mol. The maximum atomic E-state index is 6.51. The van der Waals surface area contributed by atoms with Crippen molar-refractivity contribution in [1.29, 1.82) is 0 Å². The lowest BCUT2D eigenvalue weighted by atomic mass is 9.89. The van der Waals surface area contributed by atoms with E-state index < -0.39 is 0 Å². The van der Waals surface area contributed by atoms with Gasteiger partial charge in [-0.3, -0.25) is 0 Å². The van der Waals surface area contributed by atoms with Crippen LogP contribution in [-0.2, 0) is 0 Å². The highest BCUT2D eigenvalue weighted by molar-refractivity contribution is 8.09. The molecule has 2 atom stereocenters. The second-order valence-corrected chi connectivity index (χ2v) is 15.7. The van der Waals surface area contributed by atoms with Crippen LogP contribution in [0.25, 0.3) is 77.2 Å². The summed E-state index contributed by atoms with van der Waals surface area (Å²) in [5, 5.41) is 7.75. The molecule has 0 bridgehead atoms. The Morgan fingerprint density at radius 2 is 1.16 bits per heavy atom. The first kappa shape index (κ1) is 28.6. The average Bonchev–Trinajstić information content (AvgIpc) is 3.83. The number of furan rings is 1. The minimum Gasteiger partial charge on any atom is -0.456 e. The number of allylic oxidation sites excluding steroid dienone is 3. The molecule has 2 heterocycles. The van der Waals surface area contributed by atoms with Gasteiger partial charge in [0.15, 0.2) is 0 Å². The van der Waals surface area contributed by atoms with E-state index in [2.05, 4.69) is 152 Å². The number of fused-ring (bicyclic) bond motifs is 9. The molecule has 3 aliphatic rings. The summed E-state index contributed by atoms with van der Waals surface area (Å²) >= 11 is 3.95. The second kappa shape index (κ2) is 11.1. The molecular weight excluding hydrogens is 645 g/mol. The summed E-state index contributed by atoms with van der Waals surface area (Å²) in [5.74, 6) is 3.21. The van der Waals surface area contributed by atoms with Crippen LogP contribution >= 0.6 is 23.5 Å². The number of hydrogen-bond donors (Lipinski definition) is 0. The third-order valence-electron chi connectivity index (χ3n) is 10.6. The zero-order chi connectivity index (χ0) is 32.8. The Morgan fingerprint density at radius 3 is 1.94 bits per heavy atom. The van der Waals surface area contributed by atoms with Crippen molar-refractivity contribution < 1.29 is 4.42 Å². The van der Waals surface area contributed by atoms with E-state index in [1.54, 1.807) is 4.91 Å². The minimum absolute atomic E-state index is 0.712. The Hall–Kier alpha value is -5.22. The maximum absolute atomic E-state index is 6.51. The van der Waals surface area contributed by atoms with Gasteiger partial charge in [-0.2, -0.15) is 0 Å². The number of rotatable bonds is 4. The molecule has 1 saturated carbocycles. The molecule has 1 aliphatic heterocycles. The summed E-state index contributed by atoms with van der Waals surface area (Å²) < 4.78 is 6.51. The van der Waals surface area contributed by atoms with E-state index in [-0.39, 0.29) is 0 Å². The lowest BCUT2D eigenvalue weighted by molar-refractivity contribution is 0.597. The molecule has 0 N–H and O–H groups in total. The lowest BCUT2D eigenvalue weighted by Crippen LogP contribution is -2.00. The molecule has 0 amide bonds. The summed E-state index contributed by atoms with van der Waals surface area (Å²) in [6, 6.07) is 53.0. The lowest BCUT2D eigenvalue weighted by Gasteiger charge is -2.25. The van der Waals surface area contributed by atoms with E-state index in [0.717, 1.165) is 28.6 Å². The van der Waals surface area contributed by atoms with E-state index in [1.165, 1.54) is 75.7 Å². The van der Waals surface area contributed by atoms with E-state index >= 15 is 0 Å². The van der Waals surface area contributed by atoms with Crippen LogP contribution in [0, 0.1) is 11.8 Å². The molecule has 0 spiro atoms. The van der Waals surface area contributed by atoms with Crippen molar-refractivity contribution in [3.63, 3.8) is 0 Å².